The molecule has 2 N–H and O–H groups in total. The molecule has 210 valence electrons. The fraction of sp³-hybridized carbons (Fsp3) is 0.452. The Bertz CT molecular complexity index is 1310. The van der Waals surface area contributed by atoms with Crippen molar-refractivity contribution in [1.82, 2.24) is 10.2 Å². The fourth-order valence-corrected chi connectivity index (χ4v) is 6.90. The molecule has 2 aromatic rings. The smallest absolute Gasteiger partial charge is 0.246 e. The molecule has 1 spiro atoms. The van der Waals surface area contributed by atoms with E-state index in [1.807, 2.05) is 31.2 Å². The molecule has 2 saturated heterocycles. The number of benzene rings is 2. The van der Waals surface area contributed by atoms with E-state index in [-0.39, 0.29) is 30.3 Å². The second-order valence-corrected chi connectivity index (χ2v) is 11.5. The van der Waals surface area contributed by atoms with Crippen LogP contribution in [0.15, 0.2) is 60.7 Å². The number of carbonyl (C=O) groups excluding carboxylic acids is 3. The number of likely N-dealkylation sites (tertiary alicyclic amines) is 1. The molecule has 3 amide bonds. The van der Waals surface area contributed by atoms with E-state index < -0.39 is 29.6 Å². The minimum absolute atomic E-state index is 0.0746. The molecule has 3 aliphatic heterocycles. The number of fused-ring (bicyclic) bond motifs is 1. The molecule has 0 aromatic heterocycles. The molecular formula is C31H34ClN3O5. The van der Waals surface area contributed by atoms with Gasteiger partial charge in [0.15, 0.2) is 0 Å². The van der Waals surface area contributed by atoms with E-state index in [4.69, 9.17) is 21.1 Å². The van der Waals surface area contributed by atoms with Crippen LogP contribution >= 0.6 is 11.6 Å². The van der Waals surface area contributed by atoms with Crippen LogP contribution in [0.3, 0.4) is 0 Å². The molecule has 4 aliphatic rings. The number of nitrogens with zero attached hydrogens (tertiary/aromatic N) is 1. The highest BCUT2D eigenvalue weighted by molar-refractivity contribution is 6.30. The van der Waals surface area contributed by atoms with Crippen LogP contribution in [0.1, 0.15) is 44.6 Å². The van der Waals surface area contributed by atoms with Gasteiger partial charge in [-0.25, -0.2) is 0 Å². The highest BCUT2D eigenvalue weighted by Gasteiger charge is 2.72. The second kappa shape index (κ2) is 10.9. The zero-order valence-electron chi connectivity index (χ0n) is 22.5. The first-order chi connectivity index (χ1) is 19.4. The summed E-state index contributed by atoms with van der Waals surface area (Å²) in [5.41, 5.74) is 0.246. The van der Waals surface area contributed by atoms with Gasteiger partial charge in [-0.05, 0) is 61.7 Å². The second-order valence-electron chi connectivity index (χ2n) is 11.1. The summed E-state index contributed by atoms with van der Waals surface area (Å²) in [6.45, 7) is 2.67. The number of carbonyl (C=O) groups is 3. The van der Waals surface area contributed by atoms with Gasteiger partial charge in [-0.3, -0.25) is 14.4 Å². The van der Waals surface area contributed by atoms with E-state index in [9.17, 15) is 14.4 Å². The summed E-state index contributed by atoms with van der Waals surface area (Å²) in [6, 6.07) is 13.5. The molecule has 0 radical (unpaired) electrons. The van der Waals surface area contributed by atoms with Crippen LogP contribution in [0.25, 0.3) is 0 Å². The first-order valence-corrected chi connectivity index (χ1v) is 14.5. The maximum absolute atomic E-state index is 14.1. The average Bonchev–Trinajstić information content (AvgIpc) is 3.59. The Morgan fingerprint density at radius 1 is 1.05 bits per heavy atom. The molecule has 6 rings (SSSR count). The molecule has 3 fully saturated rings. The lowest BCUT2D eigenvalue weighted by Gasteiger charge is -2.34. The number of anilines is 1. The van der Waals surface area contributed by atoms with Crippen molar-refractivity contribution in [2.24, 2.45) is 11.8 Å². The molecule has 8 nitrogen and oxygen atoms in total. The molecule has 1 saturated carbocycles. The van der Waals surface area contributed by atoms with Crippen LogP contribution in [0.2, 0.25) is 5.02 Å². The van der Waals surface area contributed by atoms with E-state index in [2.05, 4.69) is 10.6 Å². The van der Waals surface area contributed by atoms with Crippen molar-refractivity contribution in [3.05, 3.63) is 71.3 Å². The Labute approximate surface area is 239 Å². The third-order valence-corrected chi connectivity index (χ3v) is 8.83. The van der Waals surface area contributed by atoms with E-state index in [0.29, 0.717) is 23.1 Å². The number of hydrogen-bond acceptors (Lipinski definition) is 5. The van der Waals surface area contributed by atoms with Crippen molar-refractivity contribution in [2.75, 3.05) is 11.9 Å². The van der Waals surface area contributed by atoms with Gasteiger partial charge in [0.1, 0.15) is 17.4 Å². The maximum atomic E-state index is 14.1. The largest absolute Gasteiger partial charge is 0.494 e. The topological polar surface area (TPSA) is 97.0 Å². The van der Waals surface area contributed by atoms with Gasteiger partial charge in [0.2, 0.25) is 17.7 Å². The van der Waals surface area contributed by atoms with Crippen molar-refractivity contribution in [2.45, 2.75) is 69.4 Å². The third-order valence-electron chi connectivity index (χ3n) is 8.58. The van der Waals surface area contributed by atoms with Gasteiger partial charge in [0, 0.05) is 23.3 Å². The van der Waals surface area contributed by atoms with Crippen LogP contribution < -0.4 is 15.4 Å². The summed E-state index contributed by atoms with van der Waals surface area (Å²) in [4.78, 5) is 43.3. The number of hydrogen-bond donors (Lipinski definition) is 2. The Balaban J connectivity index is 1.29. The lowest BCUT2D eigenvalue weighted by atomic mass is 9.74. The highest BCUT2D eigenvalue weighted by atomic mass is 35.5. The van der Waals surface area contributed by atoms with Crippen LogP contribution in [0, 0.1) is 11.8 Å². The van der Waals surface area contributed by atoms with E-state index in [0.717, 1.165) is 31.2 Å². The Hall–Kier alpha value is -3.36. The number of halogens is 1. The summed E-state index contributed by atoms with van der Waals surface area (Å²) in [5.74, 6) is -1.64. The quantitative estimate of drug-likeness (QED) is 0.462. The van der Waals surface area contributed by atoms with Gasteiger partial charge in [-0.2, -0.15) is 0 Å². The van der Waals surface area contributed by atoms with Crippen molar-refractivity contribution < 1.29 is 23.9 Å². The normalized spacial score (nSPS) is 28.9. The molecular weight excluding hydrogens is 530 g/mol. The first kappa shape index (κ1) is 26.8. The third kappa shape index (κ3) is 4.77. The van der Waals surface area contributed by atoms with Gasteiger partial charge in [0.05, 0.1) is 24.5 Å². The fourth-order valence-electron chi connectivity index (χ4n) is 6.78. The maximum Gasteiger partial charge on any atom is 0.246 e. The predicted molar refractivity (Wildman–Crippen MR) is 151 cm³/mol. The first-order valence-electron chi connectivity index (χ1n) is 14.2. The monoisotopic (exact) mass is 563 g/mol. The van der Waals surface area contributed by atoms with Crippen LogP contribution in [0.4, 0.5) is 5.69 Å². The SMILES string of the molecule is CCOc1ccc(NC(=O)[C@H]2[C@@H]3C=C[C@]4(O3)[C@@H]2C(=O)N(Cc2ccc(Cl)cc2)[C@H]4C(=O)NC2CCCCC2)cc1. The summed E-state index contributed by atoms with van der Waals surface area (Å²) in [6.07, 6.45) is 8.25. The molecule has 5 atom stereocenters. The zero-order valence-corrected chi connectivity index (χ0v) is 23.2. The summed E-state index contributed by atoms with van der Waals surface area (Å²) in [5, 5.41) is 6.76. The van der Waals surface area contributed by atoms with Crippen molar-refractivity contribution in [3.63, 3.8) is 0 Å². The standard InChI is InChI=1S/C31H34ClN3O5/c1-2-39-23-14-12-22(13-15-23)33-28(36)25-24-16-17-31(40-24)26(25)30(38)35(18-19-8-10-20(32)11-9-19)27(31)29(37)34-21-6-4-3-5-7-21/h8-17,21,24-27H,2-7,18H2,1H3,(H,33,36)(H,34,37)/t24-,25-,26-,27-,31-/m0/s1. The van der Waals surface area contributed by atoms with Gasteiger partial charge >= 0.3 is 0 Å². The molecule has 0 unspecified atom stereocenters. The molecule has 2 aromatic carbocycles. The van der Waals surface area contributed by atoms with E-state index in [1.54, 1.807) is 41.3 Å². The van der Waals surface area contributed by atoms with E-state index >= 15 is 0 Å². The van der Waals surface area contributed by atoms with Gasteiger partial charge < -0.3 is 25.0 Å². The van der Waals surface area contributed by atoms with Crippen LogP contribution in [0.5, 0.6) is 5.75 Å². The zero-order chi connectivity index (χ0) is 27.9. The van der Waals surface area contributed by atoms with Gasteiger partial charge in [0.25, 0.3) is 0 Å². The van der Waals surface area contributed by atoms with Crippen LogP contribution in [-0.2, 0) is 25.7 Å². The molecule has 40 heavy (non-hydrogen) atoms. The van der Waals surface area contributed by atoms with Gasteiger partial charge in [-0.15, -0.1) is 0 Å². The summed E-state index contributed by atoms with van der Waals surface area (Å²) >= 11 is 6.09. The van der Waals surface area contributed by atoms with Gasteiger partial charge in [-0.1, -0.05) is 55.1 Å². The Morgan fingerprint density at radius 3 is 2.48 bits per heavy atom. The lowest BCUT2D eigenvalue weighted by Crippen LogP contribution is -2.56. The van der Waals surface area contributed by atoms with E-state index in [1.165, 1.54) is 6.42 Å². The summed E-state index contributed by atoms with van der Waals surface area (Å²) < 4.78 is 11.9. The predicted octanol–water partition coefficient (Wildman–Crippen LogP) is 4.48. The molecule has 3 heterocycles. The average molecular weight is 564 g/mol. The minimum atomic E-state index is -1.20. The minimum Gasteiger partial charge on any atom is -0.494 e. The van der Waals surface area contributed by atoms with Crippen LogP contribution in [-0.4, -0.2) is 53.0 Å². The number of rotatable bonds is 8. The summed E-state index contributed by atoms with van der Waals surface area (Å²) in [7, 11) is 0. The highest BCUT2D eigenvalue weighted by Crippen LogP contribution is 2.55. The van der Waals surface area contributed by atoms with Crippen molar-refractivity contribution in [3.8, 4) is 5.75 Å². The Morgan fingerprint density at radius 2 is 1.77 bits per heavy atom. The molecule has 2 bridgehead atoms. The number of amides is 3. The van der Waals surface area contributed by atoms with Crippen molar-refractivity contribution in [1.29, 1.82) is 0 Å². The molecule has 9 heteroatoms. The lowest BCUT2D eigenvalue weighted by molar-refractivity contribution is -0.142. The molecule has 1 aliphatic carbocycles. The number of ether oxygens (including phenoxy) is 2. The Kier molecular flexibility index (Phi) is 7.31. The van der Waals surface area contributed by atoms with Crippen molar-refractivity contribution >= 4 is 35.0 Å². The number of nitrogens with one attached hydrogen (secondary N) is 2.